The summed E-state index contributed by atoms with van der Waals surface area (Å²) in [5, 5.41) is 0. The molecule has 0 atom stereocenters. The normalized spacial score (nSPS) is 12.6. The highest BCUT2D eigenvalue weighted by Gasteiger charge is 2.18. The van der Waals surface area contributed by atoms with E-state index >= 15 is 0 Å². The molecule has 2 aromatic carbocycles. The van der Waals surface area contributed by atoms with Gasteiger partial charge in [0.1, 0.15) is 11.6 Å². The summed E-state index contributed by atoms with van der Waals surface area (Å²) in [6, 6.07) is 14.6. The Morgan fingerprint density at radius 3 is 2.71 bits per heavy atom. The Balaban J connectivity index is 2.02. The first kappa shape index (κ1) is 12.0. The van der Waals surface area contributed by atoms with Crippen molar-refractivity contribution >= 4 is 6.21 Å². The third kappa shape index (κ3) is 1.88. The Kier molecular flexibility index (Phi) is 2.67. The Hall–Kier alpha value is -2.75. The highest BCUT2D eigenvalue weighted by Crippen LogP contribution is 2.29. The number of para-hydroxylation sites is 1. The van der Waals surface area contributed by atoms with Gasteiger partial charge >= 0.3 is 0 Å². The van der Waals surface area contributed by atoms with Crippen LogP contribution in [-0.4, -0.2) is 15.8 Å². The zero-order chi connectivity index (χ0) is 14.2. The van der Waals surface area contributed by atoms with Crippen LogP contribution in [0.15, 0.2) is 59.7 Å². The second-order valence-electron chi connectivity index (χ2n) is 4.92. The summed E-state index contributed by atoms with van der Waals surface area (Å²) < 4.78 is 16.1. The van der Waals surface area contributed by atoms with E-state index in [1.54, 1.807) is 18.3 Å². The fourth-order valence-electron chi connectivity index (χ4n) is 2.64. The number of aliphatic imine (C=N–C) groups is 1. The zero-order valence-electron chi connectivity index (χ0n) is 11.2. The first-order valence-corrected chi connectivity index (χ1v) is 6.75. The van der Waals surface area contributed by atoms with Crippen molar-refractivity contribution < 1.29 is 4.39 Å². The van der Waals surface area contributed by atoms with E-state index in [1.165, 1.54) is 6.07 Å². The summed E-state index contributed by atoms with van der Waals surface area (Å²) in [6.07, 6.45) is 3.62. The van der Waals surface area contributed by atoms with Crippen molar-refractivity contribution in [1.29, 1.82) is 0 Å². The van der Waals surface area contributed by atoms with Crippen molar-refractivity contribution in [3.05, 3.63) is 71.8 Å². The third-order valence-corrected chi connectivity index (χ3v) is 3.61. The van der Waals surface area contributed by atoms with Gasteiger partial charge in [-0.25, -0.2) is 9.37 Å². The Bertz CT molecular complexity index is 849. The second kappa shape index (κ2) is 4.66. The predicted molar refractivity (Wildman–Crippen MR) is 80.3 cm³/mol. The van der Waals surface area contributed by atoms with E-state index in [9.17, 15) is 4.39 Å². The van der Waals surface area contributed by atoms with E-state index in [0.29, 0.717) is 17.9 Å². The van der Waals surface area contributed by atoms with Crippen LogP contribution in [-0.2, 0) is 6.54 Å². The second-order valence-corrected chi connectivity index (χ2v) is 4.92. The molecule has 4 heteroatoms. The van der Waals surface area contributed by atoms with Crippen LogP contribution >= 0.6 is 0 Å². The average molecular weight is 277 g/mol. The van der Waals surface area contributed by atoms with Gasteiger partial charge in [0.25, 0.3) is 0 Å². The van der Waals surface area contributed by atoms with Gasteiger partial charge in [-0.15, -0.1) is 0 Å². The Labute approximate surface area is 121 Å². The van der Waals surface area contributed by atoms with Crippen LogP contribution in [0.4, 0.5) is 4.39 Å². The van der Waals surface area contributed by atoms with Gasteiger partial charge in [-0.05, 0) is 18.2 Å². The molecule has 21 heavy (non-hydrogen) atoms. The molecule has 4 rings (SSSR count). The van der Waals surface area contributed by atoms with Crippen molar-refractivity contribution in [2.45, 2.75) is 6.54 Å². The molecule has 102 valence electrons. The number of nitrogens with zero attached hydrogens (tertiary/aromatic N) is 3. The fourth-order valence-corrected chi connectivity index (χ4v) is 2.64. The molecule has 0 spiro atoms. The molecule has 0 fully saturated rings. The number of aromatic nitrogens is 2. The highest BCUT2D eigenvalue weighted by atomic mass is 19.1. The quantitative estimate of drug-likeness (QED) is 0.668. The number of hydrogen-bond acceptors (Lipinski definition) is 2. The van der Waals surface area contributed by atoms with Crippen LogP contribution in [0.2, 0.25) is 0 Å². The van der Waals surface area contributed by atoms with Crippen molar-refractivity contribution in [3.63, 3.8) is 0 Å². The first-order valence-electron chi connectivity index (χ1n) is 6.75. The van der Waals surface area contributed by atoms with Gasteiger partial charge in [-0.2, -0.15) is 0 Å². The summed E-state index contributed by atoms with van der Waals surface area (Å²) in [7, 11) is 0. The molecule has 0 amide bonds. The van der Waals surface area contributed by atoms with E-state index in [1.807, 2.05) is 41.1 Å². The minimum Gasteiger partial charge on any atom is -0.294 e. The summed E-state index contributed by atoms with van der Waals surface area (Å²) in [4.78, 5) is 8.82. The van der Waals surface area contributed by atoms with Crippen LogP contribution in [0, 0.1) is 5.82 Å². The van der Waals surface area contributed by atoms with Gasteiger partial charge in [0.2, 0.25) is 0 Å². The number of imidazole rings is 1. The van der Waals surface area contributed by atoms with Crippen LogP contribution in [0.25, 0.3) is 17.1 Å². The van der Waals surface area contributed by atoms with Crippen molar-refractivity contribution in [1.82, 2.24) is 9.55 Å². The van der Waals surface area contributed by atoms with Crippen LogP contribution in [0.1, 0.15) is 11.3 Å². The fraction of sp³-hybridized carbons (Fsp3) is 0.0588. The number of rotatable bonds is 1. The molecule has 3 aromatic rings. The molecule has 1 aliphatic rings. The summed E-state index contributed by atoms with van der Waals surface area (Å²) >= 11 is 0. The van der Waals surface area contributed by atoms with E-state index in [2.05, 4.69) is 9.98 Å². The van der Waals surface area contributed by atoms with Crippen molar-refractivity contribution in [2.75, 3.05) is 0 Å². The zero-order valence-corrected chi connectivity index (χ0v) is 11.2. The lowest BCUT2D eigenvalue weighted by atomic mass is 10.1. The molecule has 1 aliphatic heterocycles. The molecule has 0 saturated heterocycles. The smallest absolute Gasteiger partial charge is 0.147 e. The van der Waals surface area contributed by atoms with Gasteiger partial charge in [-0.1, -0.05) is 30.3 Å². The van der Waals surface area contributed by atoms with Gasteiger partial charge < -0.3 is 0 Å². The van der Waals surface area contributed by atoms with Crippen molar-refractivity contribution in [3.8, 4) is 17.1 Å². The Morgan fingerprint density at radius 1 is 1.00 bits per heavy atom. The molecule has 0 bridgehead atoms. The van der Waals surface area contributed by atoms with Gasteiger partial charge in [0.15, 0.2) is 0 Å². The third-order valence-electron chi connectivity index (χ3n) is 3.61. The number of hydrogen-bond donors (Lipinski definition) is 0. The standard InChI is InChI=1S/C17H12FN3/c18-15-7-3-2-6-14(15)17-20-11-13-10-19-9-12-5-1-4-8-16(12)21(13)17/h1-9,11H,10H2. The van der Waals surface area contributed by atoms with Crippen LogP contribution in [0.5, 0.6) is 0 Å². The van der Waals surface area contributed by atoms with Gasteiger partial charge in [-0.3, -0.25) is 9.56 Å². The lowest BCUT2D eigenvalue weighted by Crippen LogP contribution is -2.03. The summed E-state index contributed by atoms with van der Waals surface area (Å²) in [6.45, 7) is 0.538. The van der Waals surface area contributed by atoms with Crippen LogP contribution in [0.3, 0.4) is 0 Å². The minimum atomic E-state index is -0.270. The largest absolute Gasteiger partial charge is 0.294 e. The first-order chi connectivity index (χ1) is 10.3. The van der Waals surface area contributed by atoms with E-state index in [-0.39, 0.29) is 5.82 Å². The maximum absolute atomic E-state index is 14.1. The summed E-state index contributed by atoms with van der Waals surface area (Å²) in [5.74, 6) is 0.342. The summed E-state index contributed by atoms with van der Waals surface area (Å²) in [5.41, 5.74) is 3.44. The molecule has 1 aromatic heterocycles. The average Bonchev–Trinajstić information content (AvgIpc) is 2.83. The topological polar surface area (TPSA) is 30.2 Å². The SMILES string of the molecule is Fc1ccccc1-c1ncc2n1-c1ccccc1C=NC2. The predicted octanol–water partition coefficient (Wildman–Crippen LogP) is 3.61. The monoisotopic (exact) mass is 277 g/mol. The maximum atomic E-state index is 14.1. The molecule has 3 nitrogen and oxygen atoms in total. The minimum absolute atomic E-state index is 0.270. The molecule has 0 N–H and O–H groups in total. The lowest BCUT2D eigenvalue weighted by molar-refractivity contribution is 0.629. The van der Waals surface area contributed by atoms with Crippen molar-refractivity contribution in [2.24, 2.45) is 4.99 Å². The van der Waals surface area contributed by atoms with E-state index in [0.717, 1.165) is 16.9 Å². The lowest BCUT2D eigenvalue weighted by Gasteiger charge is -2.12. The maximum Gasteiger partial charge on any atom is 0.147 e. The van der Waals surface area contributed by atoms with E-state index < -0.39 is 0 Å². The molecule has 0 saturated carbocycles. The highest BCUT2D eigenvalue weighted by molar-refractivity contribution is 5.86. The van der Waals surface area contributed by atoms with Gasteiger partial charge in [0.05, 0.1) is 29.7 Å². The number of fused-ring (bicyclic) bond motifs is 3. The number of halogens is 1. The Morgan fingerprint density at radius 2 is 1.81 bits per heavy atom. The molecule has 0 radical (unpaired) electrons. The molecular formula is C17H12FN3. The molecular weight excluding hydrogens is 265 g/mol. The number of benzene rings is 2. The van der Waals surface area contributed by atoms with Gasteiger partial charge in [0, 0.05) is 11.8 Å². The van der Waals surface area contributed by atoms with E-state index in [4.69, 9.17) is 0 Å². The molecule has 0 unspecified atom stereocenters. The van der Waals surface area contributed by atoms with Crippen LogP contribution < -0.4 is 0 Å². The molecule has 2 heterocycles. The molecule has 0 aliphatic carbocycles.